The Kier molecular flexibility index (Phi) is 2.17. The maximum Gasteiger partial charge on any atom is 0.335 e. The van der Waals surface area contributed by atoms with Gasteiger partial charge in [-0.15, -0.1) is 0 Å². The van der Waals surface area contributed by atoms with Gasteiger partial charge in [-0.1, -0.05) is 0 Å². The largest absolute Gasteiger partial charge is 0.478 e. The van der Waals surface area contributed by atoms with Gasteiger partial charge in [0.2, 0.25) is 9.84 Å². The van der Waals surface area contributed by atoms with Crippen LogP contribution < -0.4 is 0 Å². The topological polar surface area (TPSA) is 71.4 Å². The number of benzene rings is 1. The van der Waals surface area contributed by atoms with Crippen molar-refractivity contribution in [3.8, 4) is 0 Å². The highest BCUT2D eigenvalue weighted by Crippen LogP contribution is 2.34. The van der Waals surface area contributed by atoms with Crippen molar-refractivity contribution in [2.75, 3.05) is 0 Å². The molecule has 0 bridgehead atoms. The van der Waals surface area contributed by atoms with E-state index in [2.05, 4.69) is 0 Å². The lowest BCUT2D eigenvalue weighted by Gasteiger charge is -2.06. The highest BCUT2D eigenvalue weighted by molar-refractivity contribution is 7.95. The zero-order chi connectivity index (χ0) is 12.1. The van der Waals surface area contributed by atoms with Crippen LogP contribution in [0.25, 0.3) is 5.57 Å². The minimum absolute atomic E-state index is 0.0328. The lowest BCUT2D eigenvalue weighted by atomic mass is 10.0. The quantitative estimate of drug-likeness (QED) is 0.810. The van der Waals surface area contributed by atoms with Crippen LogP contribution in [-0.2, 0) is 9.84 Å². The lowest BCUT2D eigenvalue weighted by molar-refractivity contribution is 0.0696. The Labute approximate surface area is 93.1 Å². The van der Waals surface area contributed by atoms with Crippen LogP contribution in [0.1, 0.15) is 28.4 Å². The van der Waals surface area contributed by atoms with E-state index in [1.54, 1.807) is 19.9 Å². The number of carbonyl (C=O) groups is 1. The summed E-state index contributed by atoms with van der Waals surface area (Å²) in [5.74, 6) is -1.11. The van der Waals surface area contributed by atoms with E-state index < -0.39 is 15.8 Å². The van der Waals surface area contributed by atoms with E-state index in [4.69, 9.17) is 5.11 Å². The first-order valence-corrected chi connectivity index (χ1v) is 6.19. The van der Waals surface area contributed by atoms with E-state index in [0.717, 1.165) is 0 Å². The van der Waals surface area contributed by atoms with Crippen molar-refractivity contribution in [2.24, 2.45) is 0 Å². The molecule has 0 fully saturated rings. The summed E-state index contributed by atoms with van der Waals surface area (Å²) < 4.78 is 23.4. The molecule has 0 saturated carbocycles. The maximum absolute atomic E-state index is 11.7. The Morgan fingerprint density at radius 2 is 1.88 bits per heavy atom. The Balaban J connectivity index is 2.81. The third-order valence-electron chi connectivity index (χ3n) is 2.62. The van der Waals surface area contributed by atoms with Crippen molar-refractivity contribution >= 4 is 21.4 Å². The Bertz CT molecular complexity index is 624. The fraction of sp³-hybridized carbons (Fsp3) is 0.182. The number of hydrogen-bond donors (Lipinski definition) is 1. The van der Waals surface area contributed by atoms with Crippen LogP contribution in [0.15, 0.2) is 22.4 Å². The van der Waals surface area contributed by atoms with Crippen LogP contribution in [0.4, 0.5) is 0 Å². The fourth-order valence-electron chi connectivity index (χ4n) is 1.82. The molecule has 2 rings (SSSR count). The third kappa shape index (κ3) is 1.44. The second-order valence-electron chi connectivity index (χ2n) is 3.81. The molecule has 0 aliphatic carbocycles. The van der Waals surface area contributed by atoms with Crippen molar-refractivity contribution in [1.29, 1.82) is 0 Å². The normalized spacial score (nSPS) is 16.8. The van der Waals surface area contributed by atoms with Crippen molar-refractivity contribution in [3.05, 3.63) is 34.2 Å². The number of fused-ring (bicyclic) bond motifs is 1. The summed E-state index contributed by atoms with van der Waals surface area (Å²) in [5.41, 5.74) is 1.85. The van der Waals surface area contributed by atoms with Gasteiger partial charge < -0.3 is 5.11 Å². The number of aryl methyl sites for hydroxylation is 1. The van der Waals surface area contributed by atoms with Gasteiger partial charge in [0, 0.05) is 5.41 Å². The van der Waals surface area contributed by atoms with Gasteiger partial charge >= 0.3 is 5.97 Å². The van der Waals surface area contributed by atoms with E-state index in [0.29, 0.717) is 16.7 Å². The molecule has 1 aliphatic rings. The standard InChI is InChI=1S/C11H10O4S/c1-6-3-8-7(2)5-16(14,15)10(8)4-9(6)11(12)13/h3-5H,1-2H3,(H,12,13). The molecule has 16 heavy (non-hydrogen) atoms. The van der Waals surface area contributed by atoms with Crippen LogP contribution in [-0.4, -0.2) is 19.5 Å². The molecule has 0 spiro atoms. The summed E-state index contributed by atoms with van der Waals surface area (Å²) in [6.07, 6.45) is 0. The maximum atomic E-state index is 11.7. The predicted octanol–water partition coefficient (Wildman–Crippen LogP) is 1.84. The molecule has 4 nitrogen and oxygen atoms in total. The lowest BCUT2D eigenvalue weighted by Crippen LogP contribution is -2.03. The zero-order valence-corrected chi connectivity index (χ0v) is 9.63. The Morgan fingerprint density at radius 1 is 1.25 bits per heavy atom. The minimum atomic E-state index is -3.45. The summed E-state index contributed by atoms with van der Waals surface area (Å²) in [7, 11) is -3.45. The highest BCUT2D eigenvalue weighted by atomic mass is 32.2. The van der Waals surface area contributed by atoms with Crippen LogP contribution >= 0.6 is 0 Å². The first-order valence-electron chi connectivity index (χ1n) is 4.64. The van der Waals surface area contributed by atoms with Crippen molar-refractivity contribution in [3.63, 3.8) is 0 Å². The zero-order valence-electron chi connectivity index (χ0n) is 8.81. The van der Waals surface area contributed by atoms with Crippen molar-refractivity contribution in [1.82, 2.24) is 0 Å². The molecule has 0 saturated heterocycles. The number of carboxylic acids is 1. The molecule has 1 aromatic rings. The van der Waals surface area contributed by atoms with Crippen LogP contribution in [0.5, 0.6) is 0 Å². The van der Waals surface area contributed by atoms with Gasteiger partial charge in [0.05, 0.1) is 10.5 Å². The number of aromatic carboxylic acids is 1. The molecule has 84 valence electrons. The molecule has 0 unspecified atom stereocenters. The second kappa shape index (κ2) is 3.18. The molecule has 0 radical (unpaired) electrons. The van der Waals surface area contributed by atoms with E-state index in [9.17, 15) is 13.2 Å². The van der Waals surface area contributed by atoms with E-state index >= 15 is 0 Å². The van der Waals surface area contributed by atoms with Crippen LogP contribution in [0.3, 0.4) is 0 Å². The van der Waals surface area contributed by atoms with Crippen LogP contribution in [0, 0.1) is 6.92 Å². The van der Waals surface area contributed by atoms with Gasteiger partial charge in [-0.25, -0.2) is 13.2 Å². The average Bonchev–Trinajstić information content (AvgIpc) is 2.35. The third-order valence-corrected chi connectivity index (χ3v) is 4.23. The number of rotatable bonds is 1. The Hall–Kier alpha value is -1.62. The van der Waals surface area contributed by atoms with Gasteiger partial charge in [-0.3, -0.25) is 0 Å². The molecular formula is C11H10O4S. The summed E-state index contributed by atoms with van der Waals surface area (Å²) in [6.45, 7) is 3.35. The minimum Gasteiger partial charge on any atom is -0.478 e. The molecule has 0 atom stereocenters. The molecule has 1 aromatic carbocycles. The molecule has 0 amide bonds. The summed E-state index contributed by atoms with van der Waals surface area (Å²) in [5, 5.41) is 10.1. The van der Waals surface area contributed by atoms with E-state index in [1.165, 1.54) is 11.5 Å². The van der Waals surface area contributed by atoms with Gasteiger partial charge in [-0.2, -0.15) is 0 Å². The van der Waals surface area contributed by atoms with Gasteiger partial charge in [0.15, 0.2) is 0 Å². The predicted molar refractivity (Wildman–Crippen MR) is 59.0 cm³/mol. The smallest absolute Gasteiger partial charge is 0.335 e. The fourth-order valence-corrected chi connectivity index (χ4v) is 3.35. The first-order chi connectivity index (χ1) is 7.33. The second-order valence-corrected chi connectivity index (χ2v) is 5.58. The molecule has 0 aromatic heterocycles. The summed E-state index contributed by atoms with van der Waals surface area (Å²) in [4.78, 5) is 11.0. The molecular weight excluding hydrogens is 228 g/mol. The monoisotopic (exact) mass is 238 g/mol. The summed E-state index contributed by atoms with van der Waals surface area (Å²) >= 11 is 0. The van der Waals surface area contributed by atoms with E-state index in [-0.39, 0.29) is 10.5 Å². The van der Waals surface area contributed by atoms with E-state index in [1.807, 2.05) is 0 Å². The SMILES string of the molecule is CC1=CS(=O)(=O)c2cc(C(=O)O)c(C)cc21. The summed E-state index contributed by atoms with van der Waals surface area (Å²) in [6, 6.07) is 2.84. The number of sulfone groups is 1. The van der Waals surface area contributed by atoms with Crippen LogP contribution in [0.2, 0.25) is 0 Å². The van der Waals surface area contributed by atoms with Crippen molar-refractivity contribution < 1.29 is 18.3 Å². The molecule has 1 aliphatic heterocycles. The van der Waals surface area contributed by atoms with Gasteiger partial charge in [-0.05, 0) is 42.7 Å². The van der Waals surface area contributed by atoms with Gasteiger partial charge in [0.1, 0.15) is 0 Å². The average molecular weight is 238 g/mol. The first kappa shape index (κ1) is 10.9. The molecule has 1 heterocycles. The van der Waals surface area contributed by atoms with Crippen molar-refractivity contribution in [2.45, 2.75) is 18.7 Å². The Morgan fingerprint density at radius 3 is 2.44 bits per heavy atom. The number of carboxylic acid groups (broad SMARTS) is 1. The number of hydrogen-bond acceptors (Lipinski definition) is 3. The highest BCUT2D eigenvalue weighted by Gasteiger charge is 2.26. The van der Waals surface area contributed by atoms with Gasteiger partial charge in [0.25, 0.3) is 0 Å². The number of allylic oxidation sites excluding steroid dienone is 1. The molecule has 5 heteroatoms. The molecule has 1 N–H and O–H groups in total.